The van der Waals surface area contributed by atoms with Gasteiger partial charge in [-0.25, -0.2) is 4.68 Å². The first-order chi connectivity index (χ1) is 14.2. The van der Waals surface area contributed by atoms with Crippen molar-refractivity contribution in [3.8, 4) is 0 Å². The van der Waals surface area contributed by atoms with Crippen molar-refractivity contribution in [2.75, 3.05) is 42.5 Å². The fourth-order valence-corrected chi connectivity index (χ4v) is 3.88. The summed E-state index contributed by atoms with van der Waals surface area (Å²) >= 11 is 0. The van der Waals surface area contributed by atoms with Crippen molar-refractivity contribution >= 4 is 23.3 Å². The molecule has 1 aromatic carbocycles. The summed E-state index contributed by atoms with van der Waals surface area (Å²) in [5.41, 5.74) is 0.586. The Morgan fingerprint density at radius 3 is 2.53 bits per heavy atom. The van der Waals surface area contributed by atoms with Gasteiger partial charge in [0.1, 0.15) is 12.4 Å². The first-order valence-corrected chi connectivity index (χ1v) is 9.77. The third-order valence-corrected chi connectivity index (χ3v) is 5.46. The molecule has 0 unspecified atom stereocenters. The lowest BCUT2D eigenvalue weighted by Crippen LogP contribution is -2.52. The Hall–Kier alpha value is -3.04. The summed E-state index contributed by atoms with van der Waals surface area (Å²) in [6, 6.07) is 7.00. The van der Waals surface area contributed by atoms with Crippen molar-refractivity contribution in [1.29, 1.82) is 0 Å². The van der Waals surface area contributed by atoms with E-state index in [1.807, 2.05) is 11.8 Å². The average molecular weight is 421 g/mol. The second kappa shape index (κ2) is 7.66. The first kappa shape index (κ1) is 20.2. The molecule has 0 saturated carbocycles. The van der Waals surface area contributed by atoms with Gasteiger partial charge >= 0.3 is 6.18 Å². The van der Waals surface area contributed by atoms with Gasteiger partial charge in [-0.15, -0.1) is 0 Å². The molecule has 0 bridgehead atoms. The topological polar surface area (TPSA) is 61.7 Å². The highest BCUT2D eigenvalue weighted by Crippen LogP contribution is 2.32. The number of carbonyl (C=O) groups excluding carboxylic acids is 2. The largest absolute Gasteiger partial charge is 0.416 e. The number of piperazine rings is 1. The molecule has 2 aliphatic rings. The number of alkyl halides is 3. The number of aryl methyl sites for hydroxylation is 2. The van der Waals surface area contributed by atoms with E-state index < -0.39 is 11.7 Å². The summed E-state index contributed by atoms with van der Waals surface area (Å²) in [4.78, 5) is 30.1. The third kappa shape index (κ3) is 3.99. The molecule has 0 radical (unpaired) electrons. The predicted octanol–water partition coefficient (Wildman–Crippen LogP) is 2.30. The zero-order chi connectivity index (χ0) is 21.5. The van der Waals surface area contributed by atoms with Gasteiger partial charge in [0.2, 0.25) is 11.8 Å². The molecule has 2 amide bonds. The van der Waals surface area contributed by atoms with Crippen LogP contribution in [0.3, 0.4) is 0 Å². The standard InChI is InChI=1S/C20H22F3N5O2/c1-14-11-17-27(18(29)5-6-28(17)24-14)13-19(30)26-9-7-25(8-10-26)16-4-2-3-15(12-16)20(21,22)23/h2-4,11-12H,5-10,13H2,1H3. The number of amides is 2. The Bertz CT molecular complexity index is 964. The Morgan fingerprint density at radius 2 is 1.83 bits per heavy atom. The van der Waals surface area contributed by atoms with E-state index in [9.17, 15) is 22.8 Å². The van der Waals surface area contributed by atoms with Crippen LogP contribution in [0.25, 0.3) is 0 Å². The normalized spacial score (nSPS) is 17.3. The van der Waals surface area contributed by atoms with Crippen LogP contribution in [-0.2, 0) is 22.3 Å². The summed E-state index contributed by atoms with van der Waals surface area (Å²) in [5, 5.41) is 4.33. The minimum absolute atomic E-state index is 0.0620. The molecule has 7 nitrogen and oxygen atoms in total. The minimum atomic E-state index is -4.39. The maximum absolute atomic E-state index is 13.0. The fourth-order valence-electron chi connectivity index (χ4n) is 3.88. The van der Waals surface area contributed by atoms with Crippen LogP contribution in [0, 0.1) is 6.92 Å². The fraction of sp³-hybridized carbons (Fsp3) is 0.450. The molecule has 30 heavy (non-hydrogen) atoms. The number of fused-ring (bicyclic) bond motifs is 1. The van der Waals surface area contributed by atoms with Crippen LogP contribution in [0.1, 0.15) is 17.7 Å². The van der Waals surface area contributed by atoms with E-state index in [4.69, 9.17) is 0 Å². The van der Waals surface area contributed by atoms with Crippen LogP contribution in [0.2, 0.25) is 0 Å². The zero-order valence-electron chi connectivity index (χ0n) is 16.5. The third-order valence-electron chi connectivity index (χ3n) is 5.46. The van der Waals surface area contributed by atoms with Gasteiger partial charge in [-0.3, -0.25) is 14.5 Å². The summed E-state index contributed by atoms with van der Waals surface area (Å²) in [7, 11) is 0. The molecular weight excluding hydrogens is 399 g/mol. The molecule has 1 aromatic heterocycles. The van der Waals surface area contributed by atoms with E-state index in [1.165, 1.54) is 11.0 Å². The average Bonchev–Trinajstić information content (AvgIpc) is 3.10. The Balaban J connectivity index is 1.39. The number of hydrogen-bond donors (Lipinski definition) is 0. The zero-order valence-corrected chi connectivity index (χ0v) is 16.5. The van der Waals surface area contributed by atoms with Crippen LogP contribution in [-0.4, -0.2) is 59.2 Å². The van der Waals surface area contributed by atoms with Crippen molar-refractivity contribution in [3.63, 3.8) is 0 Å². The molecule has 0 spiro atoms. The van der Waals surface area contributed by atoms with Gasteiger partial charge < -0.3 is 9.80 Å². The first-order valence-electron chi connectivity index (χ1n) is 9.77. The molecule has 1 saturated heterocycles. The van der Waals surface area contributed by atoms with Crippen LogP contribution in [0.4, 0.5) is 24.7 Å². The summed E-state index contributed by atoms with van der Waals surface area (Å²) in [6.07, 6.45) is -4.09. The highest BCUT2D eigenvalue weighted by Gasteiger charge is 2.32. The van der Waals surface area contributed by atoms with E-state index in [0.717, 1.165) is 17.8 Å². The van der Waals surface area contributed by atoms with Gasteiger partial charge in [0, 0.05) is 44.4 Å². The van der Waals surface area contributed by atoms with Crippen LogP contribution < -0.4 is 9.80 Å². The van der Waals surface area contributed by atoms with E-state index in [2.05, 4.69) is 5.10 Å². The molecule has 10 heteroatoms. The maximum Gasteiger partial charge on any atom is 0.416 e. The lowest BCUT2D eigenvalue weighted by Gasteiger charge is -2.37. The Morgan fingerprint density at radius 1 is 1.10 bits per heavy atom. The predicted molar refractivity (Wildman–Crippen MR) is 104 cm³/mol. The second-order valence-electron chi connectivity index (χ2n) is 7.51. The van der Waals surface area contributed by atoms with E-state index in [1.54, 1.807) is 21.7 Å². The number of hydrogen-bond acceptors (Lipinski definition) is 4. The quantitative estimate of drug-likeness (QED) is 0.763. The minimum Gasteiger partial charge on any atom is -0.368 e. The summed E-state index contributed by atoms with van der Waals surface area (Å²) < 4.78 is 40.6. The number of nitrogens with zero attached hydrogens (tertiary/aromatic N) is 5. The molecule has 1 fully saturated rings. The number of anilines is 2. The molecule has 2 aliphatic heterocycles. The van der Waals surface area contributed by atoms with Crippen LogP contribution in [0.5, 0.6) is 0 Å². The molecule has 0 atom stereocenters. The van der Waals surface area contributed by atoms with Crippen LogP contribution in [0.15, 0.2) is 30.3 Å². The number of rotatable bonds is 3. The van der Waals surface area contributed by atoms with Gasteiger partial charge in [-0.1, -0.05) is 6.07 Å². The highest BCUT2D eigenvalue weighted by molar-refractivity contribution is 5.99. The van der Waals surface area contributed by atoms with Gasteiger partial charge in [0.05, 0.1) is 17.8 Å². The molecule has 160 valence electrons. The van der Waals surface area contributed by atoms with E-state index in [-0.39, 0.29) is 18.4 Å². The van der Waals surface area contributed by atoms with Gasteiger partial charge in [-0.05, 0) is 25.1 Å². The molecule has 0 N–H and O–H groups in total. The lowest BCUT2D eigenvalue weighted by atomic mass is 10.1. The van der Waals surface area contributed by atoms with Gasteiger partial charge in [0.25, 0.3) is 0 Å². The number of carbonyl (C=O) groups is 2. The van der Waals surface area contributed by atoms with Crippen molar-refractivity contribution in [2.45, 2.75) is 26.1 Å². The number of aromatic nitrogens is 2. The van der Waals surface area contributed by atoms with Gasteiger partial charge in [0.15, 0.2) is 0 Å². The Labute approximate surface area is 171 Å². The SMILES string of the molecule is Cc1cc2n(n1)CCC(=O)N2CC(=O)N1CCN(c2cccc(C(F)(F)F)c2)CC1. The maximum atomic E-state index is 13.0. The second-order valence-corrected chi connectivity index (χ2v) is 7.51. The number of benzene rings is 1. The molecule has 0 aliphatic carbocycles. The Kier molecular flexibility index (Phi) is 5.17. The van der Waals surface area contributed by atoms with Gasteiger partial charge in [-0.2, -0.15) is 18.3 Å². The summed E-state index contributed by atoms with van der Waals surface area (Å²) in [5.74, 6) is 0.331. The highest BCUT2D eigenvalue weighted by atomic mass is 19.4. The van der Waals surface area contributed by atoms with Crippen LogP contribution >= 0.6 is 0 Å². The van der Waals surface area contributed by atoms with E-state index >= 15 is 0 Å². The van der Waals surface area contributed by atoms with Crippen molar-refractivity contribution in [2.24, 2.45) is 0 Å². The molecule has 4 rings (SSSR count). The smallest absolute Gasteiger partial charge is 0.368 e. The molecule has 2 aromatic rings. The van der Waals surface area contributed by atoms with Crippen molar-refractivity contribution in [3.05, 3.63) is 41.6 Å². The number of halogens is 3. The molecular formula is C20H22F3N5O2. The summed E-state index contributed by atoms with van der Waals surface area (Å²) in [6.45, 7) is 3.90. The monoisotopic (exact) mass is 421 g/mol. The van der Waals surface area contributed by atoms with Crippen molar-refractivity contribution in [1.82, 2.24) is 14.7 Å². The lowest BCUT2D eigenvalue weighted by molar-refractivity contribution is -0.137. The molecule has 3 heterocycles. The van der Waals surface area contributed by atoms with Crippen molar-refractivity contribution < 1.29 is 22.8 Å². The van der Waals surface area contributed by atoms with E-state index in [0.29, 0.717) is 50.6 Å².